The van der Waals surface area contributed by atoms with Crippen molar-refractivity contribution in [2.24, 2.45) is 0 Å². The Labute approximate surface area is 166 Å². The Morgan fingerprint density at radius 1 is 0.786 bits per heavy atom. The first kappa shape index (κ1) is 23.1. The van der Waals surface area contributed by atoms with Crippen LogP contribution in [0.4, 0.5) is 4.79 Å². The molecule has 0 saturated carbocycles. The third kappa shape index (κ3) is 9.12. The van der Waals surface area contributed by atoms with Crippen molar-refractivity contribution >= 4 is 18.7 Å². The SMILES string of the molecule is CCCCOC(=O)OCCCC.O=Cc1cc(C=O)cc(-c2ccccc2)c1. The van der Waals surface area contributed by atoms with Gasteiger partial charge in [0.2, 0.25) is 0 Å². The average molecular weight is 384 g/mol. The van der Waals surface area contributed by atoms with Crippen LogP contribution in [0.3, 0.4) is 0 Å². The van der Waals surface area contributed by atoms with E-state index in [1.165, 1.54) is 0 Å². The number of carbonyl (C=O) groups is 3. The first-order valence-corrected chi connectivity index (χ1v) is 9.55. The minimum Gasteiger partial charge on any atom is -0.434 e. The van der Waals surface area contributed by atoms with Crippen molar-refractivity contribution in [1.29, 1.82) is 0 Å². The zero-order valence-electron chi connectivity index (χ0n) is 16.6. The van der Waals surface area contributed by atoms with Crippen LogP contribution < -0.4 is 0 Å². The number of carbonyl (C=O) groups excluding carboxylic acids is 3. The predicted molar refractivity (Wildman–Crippen MR) is 110 cm³/mol. The molecule has 0 unspecified atom stereocenters. The summed E-state index contributed by atoms with van der Waals surface area (Å²) in [6, 6.07) is 14.8. The molecule has 0 atom stereocenters. The van der Waals surface area contributed by atoms with Gasteiger partial charge < -0.3 is 9.47 Å². The maximum absolute atomic E-state index is 10.7. The van der Waals surface area contributed by atoms with Gasteiger partial charge in [-0.1, -0.05) is 57.0 Å². The van der Waals surface area contributed by atoms with Gasteiger partial charge >= 0.3 is 6.16 Å². The van der Waals surface area contributed by atoms with Crippen LogP contribution >= 0.6 is 0 Å². The van der Waals surface area contributed by atoms with Crippen LogP contribution in [0.2, 0.25) is 0 Å². The van der Waals surface area contributed by atoms with Crippen LogP contribution in [0.15, 0.2) is 48.5 Å². The molecule has 0 saturated heterocycles. The molecule has 5 heteroatoms. The molecule has 0 aliphatic carbocycles. The summed E-state index contributed by atoms with van der Waals surface area (Å²) >= 11 is 0. The van der Waals surface area contributed by atoms with Gasteiger partial charge in [-0.2, -0.15) is 0 Å². The molecule has 0 fully saturated rings. The van der Waals surface area contributed by atoms with E-state index in [2.05, 4.69) is 0 Å². The number of hydrogen-bond acceptors (Lipinski definition) is 5. The summed E-state index contributed by atoms with van der Waals surface area (Å²) < 4.78 is 9.54. The topological polar surface area (TPSA) is 69.7 Å². The van der Waals surface area contributed by atoms with Crippen molar-refractivity contribution in [2.45, 2.75) is 39.5 Å². The minimum atomic E-state index is -0.531. The fourth-order valence-electron chi connectivity index (χ4n) is 2.25. The van der Waals surface area contributed by atoms with Crippen LogP contribution in [-0.2, 0) is 9.47 Å². The van der Waals surface area contributed by atoms with Crippen LogP contribution in [0.25, 0.3) is 11.1 Å². The van der Waals surface area contributed by atoms with Crippen LogP contribution in [-0.4, -0.2) is 31.9 Å². The molecule has 0 amide bonds. The third-order valence-electron chi connectivity index (χ3n) is 3.79. The largest absolute Gasteiger partial charge is 0.508 e. The highest BCUT2D eigenvalue weighted by atomic mass is 16.7. The van der Waals surface area contributed by atoms with E-state index in [0.717, 1.165) is 49.4 Å². The van der Waals surface area contributed by atoms with Crippen molar-refractivity contribution in [2.75, 3.05) is 13.2 Å². The molecule has 28 heavy (non-hydrogen) atoms. The highest BCUT2D eigenvalue weighted by Crippen LogP contribution is 2.21. The van der Waals surface area contributed by atoms with Gasteiger partial charge in [-0.25, -0.2) is 4.79 Å². The number of unbranched alkanes of at least 4 members (excludes halogenated alkanes) is 2. The quantitative estimate of drug-likeness (QED) is 0.314. The van der Waals surface area contributed by atoms with Crippen LogP contribution in [0.1, 0.15) is 60.2 Å². The molecule has 0 aliphatic rings. The summed E-state index contributed by atoms with van der Waals surface area (Å²) in [6.07, 6.45) is 4.84. The number of rotatable bonds is 9. The predicted octanol–water partition coefficient (Wildman–Crippen LogP) is 5.72. The Bertz CT molecular complexity index is 687. The number of benzene rings is 2. The summed E-state index contributed by atoms with van der Waals surface area (Å²) in [4.78, 5) is 32.2. The fraction of sp³-hybridized carbons (Fsp3) is 0.348. The van der Waals surface area contributed by atoms with Crippen molar-refractivity contribution in [1.82, 2.24) is 0 Å². The van der Waals surface area contributed by atoms with Gasteiger partial charge in [0, 0.05) is 11.1 Å². The van der Waals surface area contributed by atoms with E-state index < -0.39 is 6.16 Å². The van der Waals surface area contributed by atoms with Gasteiger partial charge in [-0.05, 0) is 42.2 Å². The Morgan fingerprint density at radius 2 is 1.29 bits per heavy atom. The molecule has 0 spiro atoms. The van der Waals surface area contributed by atoms with Crippen LogP contribution in [0, 0.1) is 0 Å². The summed E-state index contributed by atoms with van der Waals surface area (Å²) in [5, 5.41) is 0. The summed E-state index contributed by atoms with van der Waals surface area (Å²) in [6.45, 7) is 5.04. The molecular weight excluding hydrogens is 356 g/mol. The molecule has 2 aromatic carbocycles. The van der Waals surface area contributed by atoms with Gasteiger partial charge in [0.15, 0.2) is 0 Å². The molecule has 2 rings (SSSR count). The van der Waals surface area contributed by atoms with E-state index in [9.17, 15) is 14.4 Å². The lowest BCUT2D eigenvalue weighted by molar-refractivity contribution is 0.0536. The van der Waals surface area contributed by atoms with E-state index in [0.29, 0.717) is 24.3 Å². The maximum Gasteiger partial charge on any atom is 0.508 e. The molecule has 5 nitrogen and oxygen atoms in total. The summed E-state index contributed by atoms with van der Waals surface area (Å²) in [5.41, 5.74) is 2.91. The molecule has 0 aromatic heterocycles. The summed E-state index contributed by atoms with van der Waals surface area (Å²) in [7, 11) is 0. The molecule has 0 bridgehead atoms. The summed E-state index contributed by atoms with van der Waals surface area (Å²) in [5.74, 6) is 0. The second-order valence-corrected chi connectivity index (χ2v) is 6.14. The fourth-order valence-corrected chi connectivity index (χ4v) is 2.25. The molecule has 0 radical (unpaired) electrons. The van der Waals surface area contributed by atoms with Crippen molar-refractivity contribution in [3.8, 4) is 11.1 Å². The Morgan fingerprint density at radius 3 is 1.71 bits per heavy atom. The second-order valence-electron chi connectivity index (χ2n) is 6.14. The number of ether oxygens (including phenoxy) is 2. The van der Waals surface area contributed by atoms with Crippen molar-refractivity contribution < 1.29 is 23.9 Å². The van der Waals surface area contributed by atoms with Crippen molar-refractivity contribution in [3.63, 3.8) is 0 Å². The second kappa shape index (κ2) is 14.2. The molecule has 150 valence electrons. The monoisotopic (exact) mass is 384 g/mol. The van der Waals surface area contributed by atoms with E-state index in [1.807, 2.05) is 44.2 Å². The van der Waals surface area contributed by atoms with Gasteiger partial charge in [-0.3, -0.25) is 9.59 Å². The standard InChI is InChI=1S/C14H10O2.C9H18O3/c15-9-11-6-12(10-16)8-14(7-11)13-4-2-1-3-5-13;1-3-5-7-11-9(10)12-8-6-4-2/h1-10H;3-8H2,1-2H3. The molecule has 2 aromatic rings. The molecular formula is C23H28O5. The maximum atomic E-state index is 10.7. The van der Waals surface area contributed by atoms with Crippen LogP contribution in [0.5, 0.6) is 0 Å². The first-order valence-electron chi connectivity index (χ1n) is 9.55. The molecule has 0 N–H and O–H groups in total. The molecule has 0 aliphatic heterocycles. The van der Waals surface area contributed by atoms with Gasteiger partial charge in [0.25, 0.3) is 0 Å². The zero-order chi connectivity index (χ0) is 20.6. The van der Waals surface area contributed by atoms with E-state index in [-0.39, 0.29) is 0 Å². The lowest BCUT2D eigenvalue weighted by Gasteiger charge is -2.04. The van der Waals surface area contributed by atoms with E-state index in [1.54, 1.807) is 18.2 Å². The van der Waals surface area contributed by atoms with Crippen molar-refractivity contribution in [3.05, 3.63) is 59.7 Å². The number of hydrogen-bond donors (Lipinski definition) is 0. The average Bonchev–Trinajstić information content (AvgIpc) is 2.75. The highest BCUT2D eigenvalue weighted by Gasteiger charge is 2.02. The smallest absolute Gasteiger partial charge is 0.434 e. The zero-order valence-corrected chi connectivity index (χ0v) is 16.6. The van der Waals surface area contributed by atoms with E-state index >= 15 is 0 Å². The van der Waals surface area contributed by atoms with Gasteiger partial charge in [0.1, 0.15) is 12.6 Å². The normalized spacial score (nSPS) is 9.64. The lowest BCUT2D eigenvalue weighted by atomic mass is 10.0. The third-order valence-corrected chi connectivity index (χ3v) is 3.79. The highest BCUT2D eigenvalue weighted by molar-refractivity contribution is 5.86. The van der Waals surface area contributed by atoms with Gasteiger partial charge in [0.05, 0.1) is 13.2 Å². The number of aldehydes is 2. The minimum absolute atomic E-state index is 0.474. The first-order chi connectivity index (χ1) is 13.6. The van der Waals surface area contributed by atoms with E-state index in [4.69, 9.17) is 9.47 Å². The Hall–Kier alpha value is -2.95. The molecule has 0 heterocycles. The lowest BCUT2D eigenvalue weighted by Crippen LogP contribution is -2.09. The Kier molecular flexibility index (Phi) is 11.7. The Balaban J connectivity index is 0.000000295. The van der Waals surface area contributed by atoms with Gasteiger partial charge in [-0.15, -0.1) is 0 Å².